The Hall–Kier alpha value is -1.79. The van der Waals surface area contributed by atoms with Crippen LogP contribution in [0.2, 0.25) is 5.02 Å². The van der Waals surface area contributed by atoms with Gasteiger partial charge in [-0.15, -0.1) is 0 Å². The Labute approximate surface area is 156 Å². The van der Waals surface area contributed by atoms with E-state index in [2.05, 4.69) is 5.32 Å². The van der Waals surface area contributed by atoms with Gasteiger partial charge >= 0.3 is 5.76 Å². The largest absolute Gasteiger partial charge is 0.419 e. The number of oxazole rings is 1. The number of aromatic nitrogens is 1. The normalized spacial score (nSPS) is 28.2. The van der Waals surface area contributed by atoms with E-state index in [4.69, 9.17) is 21.8 Å². The molecule has 0 radical (unpaired) electrons. The summed E-state index contributed by atoms with van der Waals surface area (Å²) in [4.78, 5) is 24.6. The molecule has 1 aromatic heterocycles. The van der Waals surface area contributed by atoms with Gasteiger partial charge in [-0.05, 0) is 49.7 Å². The van der Waals surface area contributed by atoms with Crippen molar-refractivity contribution < 1.29 is 9.21 Å². The maximum atomic E-state index is 12.5. The Bertz CT molecular complexity index is 861. The highest BCUT2D eigenvalue weighted by molar-refractivity contribution is 6.31. The molecule has 2 aromatic rings. The Kier molecular flexibility index (Phi) is 4.80. The van der Waals surface area contributed by atoms with Crippen LogP contribution in [-0.4, -0.2) is 22.6 Å². The van der Waals surface area contributed by atoms with Crippen molar-refractivity contribution in [2.75, 3.05) is 0 Å². The maximum Gasteiger partial charge on any atom is 0.419 e. The molecule has 2 unspecified atom stereocenters. The van der Waals surface area contributed by atoms with Gasteiger partial charge in [0.1, 0.15) is 0 Å². The van der Waals surface area contributed by atoms with Crippen molar-refractivity contribution in [1.29, 1.82) is 0 Å². The molecule has 2 saturated carbocycles. The van der Waals surface area contributed by atoms with E-state index in [9.17, 15) is 9.59 Å². The number of carbonyl (C=O) groups excluding carboxylic acids is 1. The number of fused-ring (bicyclic) bond motifs is 3. The second kappa shape index (κ2) is 7.08. The van der Waals surface area contributed by atoms with Crippen molar-refractivity contribution in [3.8, 4) is 0 Å². The van der Waals surface area contributed by atoms with Crippen LogP contribution in [-0.2, 0) is 11.3 Å². The van der Waals surface area contributed by atoms with Crippen LogP contribution in [0.5, 0.6) is 0 Å². The van der Waals surface area contributed by atoms with Crippen molar-refractivity contribution in [2.24, 2.45) is 17.6 Å². The molecule has 2 atom stereocenters. The maximum absolute atomic E-state index is 12.5. The van der Waals surface area contributed by atoms with E-state index in [1.807, 2.05) is 0 Å². The Balaban J connectivity index is 1.42. The highest BCUT2D eigenvalue weighted by atomic mass is 35.5. The lowest BCUT2D eigenvalue weighted by Gasteiger charge is -2.45. The highest BCUT2D eigenvalue weighted by Gasteiger charge is 2.39. The minimum Gasteiger partial charge on any atom is -0.408 e. The number of amides is 1. The average Bonchev–Trinajstić information content (AvgIpc) is 2.88. The minimum absolute atomic E-state index is 0.0161. The van der Waals surface area contributed by atoms with Gasteiger partial charge in [-0.1, -0.05) is 18.0 Å². The summed E-state index contributed by atoms with van der Waals surface area (Å²) in [5, 5.41) is 3.73. The smallest absolute Gasteiger partial charge is 0.408 e. The van der Waals surface area contributed by atoms with Crippen molar-refractivity contribution in [3.63, 3.8) is 0 Å². The molecule has 26 heavy (non-hydrogen) atoms. The first-order valence-corrected chi connectivity index (χ1v) is 9.73. The van der Waals surface area contributed by atoms with Crippen molar-refractivity contribution in [2.45, 2.75) is 57.2 Å². The van der Waals surface area contributed by atoms with Crippen LogP contribution in [0.15, 0.2) is 27.4 Å². The van der Waals surface area contributed by atoms with Gasteiger partial charge in [0, 0.05) is 36.1 Å². The zero-order valence-electron chi connectivity index (χ0n) is 14.6. The molecule has 0 aliphatic heterocycles. The second-order valence-corrected chi connectivity index (χ2v) is 8.09. The second-order valence-electron chi connectivity index (χ2n) is 7.66. The number of halogens is 1. The highest BCUT2D eigenvalue weighted by Crippen LogP contribution is 2.39. The molecule has 2 fully saturated rings. The number of benzene rings is 1. The third-order valence-corrected chi connectivity index (χ3v) is 6.13. The number of hydrogen-bond acceptors (Lipinski definition) is 4. The molecule has 3 N–H and O–H groups in total. The summed E-state index contributed by atoms with van der Waals surface area (Å²) < 4.78 is 6.70. The van der Waals surface area contributed by atoms with Gasteiger partial charge in [0.15, 0.2) is 5.58 Å². The zero-order chi connectivity index (χ0) is 18.3. The van der Waals surface area contributed by atoms with E-state index in [-0.39, 0.29) is 24.4 Å². The average molecular weight is 378 g/mol. The van der Waals surface area contributed by atoms with E-state index in [0.717, 1.165) is 25.7 Å². The summed E-state index contributed by atoms with van der Waals surface area (Å²) in [6.07, 6.45) is 5.75. The molecule has 2 aliphatic carbocycles. The molecule has 4 rings (SSSR count). The summed E-state index contributed by atoms with van der Waals surface area (Å²) in [5.74, 6) is 0.496. The summed E-state index contributed by atoms with van der Waals surface area (Å²) in [5.41, 5.74) is 7.25. The first kappa shape index (κ1) is 17.6. The summed E-state index contributed by atoms with van der Waals surface area (Å²) >= 11 is 5.93. The van der Waals surface area contributed by atoms with Crippen LogP contribution in [0.1, 0.15) is 38.5 Å². The minimum atomic E-state index is -0.462. The fraction of sp³-hybridized carbons (Fsp3) is 0.579. The van der Waals surface area contributed by atoms with Gasteiger partial charge in [0.2, 0.25) is 5.91 Å². The first-order chi connectivity index (χ1) is 12.5. The predicted molar refractivity (Wildman–Crippen MR) is 100 cm³/mol. The molecule has 140 valence electrons. The number of aryl methyl sites for hydroxylation is 1. The summed E-state index contributed by atoms with van der Waals surface area (Å²) in [6, 6.07) is 5.56. The van der Waals surface area contributed by atoms with Gasteiger partial charge in [-0.2, -0.15) is 0 Å². The quantitative estimate of drug-likeness (QED) is 0.857. The van der Waals surface area contributed by atoms with Crippen LogP contribution in [0.3, 0.4) is 0 Å². The number of nitrogens with zero attached hydrogens (tertiary/aromatic N) is 1. The third kappa shape index (κ3) is 3.40. The molecule has 7 heteroatoms. The number of rotatable bonds is 4. The summed E-state index contributed by atoms with van der Waals surface area (Å²) in [7, 11) is 0. The molecule has 2 aliphatic rings. The molecule has 6 nitrogen and oxygen atoms in total. The monoisotopic (exact) mass is 377 g/mol. The van der Waals surface area contributed by atoms with E-state index in [1.165, 1.54) is 11.0 Å². The van der Waals surface area contributed by atoms with Gasteiger partial charge < -0.3 is 15.5 Å². The lowest BCUT2D eigenvalue weighted by molar-refractivity contribution is -0.123. The third-order valence-electron chi connectivity index (χ3n) is 5.90. The number of nitrogens with one attached hydrogen (secondary N) is 1. The van der Waals surface area contributed by atoms with Crippen molar-refractivity contribution in [3.05, 3.63) is 33.8 Å². The van der Waals surface area contributed by atoms with Gasteiger partial charge in [0.25, 0.3) is 0 Å². The molecular formula is C19H24ClN3O3. The molecular weight excluding hydrogens is 354 g/mol. The fourth-order valence-electron chi connectivity index (χ4n) is 4.75. The first-order valence-electron chi connectivity index (χ1n) is 9.35. The lowest BCUT2D eigenvalue weighted by atomic mass is 9.67. The molecule has 0 saturated heterocycles. The standard InChI is InChI=1S/C19H24ClN3O3/c20-13-4-5-15-16(10-13)26-19(25)23(15)7-6-17(24)22-18-11-2-1-3-12(18)9-14(21)8-11/h4-5,10-12,14,18H,1-3,6-9,21H2,(H,22,24). The SMILES string of the molecule is NC1CC2CCCC(C1)C2NC(=O)CCn1c(=O)oc2cc(Cl)ccc21. The molecule has 0 spiro atoms. The fourth-order valence-corrected chi connectivity index (χ4v) is 4.91. The molecule has 1 heterocycles. The predicted octanol–water partition coefficient (Wildman–Crippen LogP) is 2.66. The van der Waals surface area contributed by atoms with Crippen LogP contribution >= 0.6 is 11.6 Å². The number of carbonyl (C=O) groups is 1. The summed E-state index contributed by atoms with van der Waals surface area (Å²) in [6.45, 7) is 0.293. The van der Waals surface area contributed by atoms with E-state index >= 15 is 0 Å². The van der Waals surface area contributed by atoms with Crippen LogP contribution < -0.4 is 16.8 Å². The zero-order valence-corrected chi connectivity index (χ0v) is 15.4. The van der Waals surface area contributed by atoms with E-state index < -0.39 is 5.76 Å². The van der Waals surface area contributed by atoms with Gasteiger partial charge in [0.05, 0.1) is 5.52 Å². The van der Waals surface area contributed by atoms with E-state index in [1.54, 1.807) is 18.2 Å². The van der Waals surface area contributed by atoms with Gasteiger partial charge in [-0.3, -0.25) is 9.36 Å². The molecule has 2 bridgehead atoms. The van der Waals surface area contributed by atoms with Crippen LogP contribution in [0.4, 0.5) is 0 Å². The Morgan fingerprint density at radius 1 is 1.31 bits per heavy atom. The van der Waals surface area contributed by atoms with Crippen molar-refractivity contribution >= 4 is 28.6 Å². The topological polar surface area (TPSA) is 90.3 Å². The molecule has 1 amide bonds. The Morgan fingerprint density at radius 2 is 2.04 bits per heavy atom. The number of nitrogens with two attached hydrogens (primary N) is 1. The van der Waals surface area contributed by atoms with Crippen LogP contribution in [0, 0.1) is 11.8 Å². The Morgan fingerprint density at radius 3 is 2.77 bits per heavy atom. The van der Waals surface area contributed by atoms with Crippen LogP contribution in [0.25, 0.3) is 11.1 Å². The van der Waals surface area contributed by atoms with Crippen molar-refractivity contribution in [1.82, 2.24) is 9.88 Å². The molecule has 1 aromatic carbocycles. The lowest BCUT2D eigenvalue weighted by Crippen LogP contribution is -2.53. The number of hydrogen-bond donors (Lipinski definition) is 2. The van der Waals surface area contributed by atoms with Gasteiger partial charge in [-0.25, -0.2) is 4.79 Å². The van der Waals surface area contributed by atoms with E-state index in [0.29, 0.717) is 34.5 Å².